The van der Waals surface area contributed by atoms with E-state index in [2.05, 4.69) is 4.98 Å². The highest BCUT2D eigenvalue weighted by Gasteiger charge is 2.11. The van der Waals surface area contributed by atoms with Gasteiger partial charge in [0.1, 0.15) is 5.76 Å². The van der Waals surface area contributed by atoms with Crippen molar-refractivity contribution in [3.05, 3.63) is 41.4 Å². The van der Waals surface area contributed by atoms with E-state index in [0.717, 1.165) is 11.3 Å². The van der Waals surface area contributed by atoms with Crippen LogP contribution in [-0.4, -0.2) is 35.0 Å². The Bertz CT molecular complexity index is 400. The lowest BCUT2D eigenvalue weighted by Crippen LogP contribution is -2.09. The Balaban J connectivity index is 2.79. The van der Waals surface area contributed by atoms with E-state index in [0.29, 0.717) is 19.6 Å². The van der Waals surface area contributed by atoms with Gasteiger partial charge in [0.15, 0.2) is 6.29 Å². The Hall–Kier alpha value is -1.43. The summed E-state index contributed by atoms with van der Waals surface area (Å²) in [6, 6.07) is 3.71. The van der Waals surface area contributed by atoms with Crippen molar-refractivity contribution >= 4 is 0 Å². The summed E-state index contributed by atoms with van der Waals surface area (Å²) in [4.78, 5) is 4.20. The Morgan fingerprint density at radius 3 is 2.63 bits per heavy atom. The number of ether oxygens (including phenoxy) is 2. The minimum Gasteiger partial charge on any atom is -0.510 e. The molecular weight excluding hydrogens is 246 g/mol. The number of aliphatic hydroxyl groups excluding tert-OH is 2. The third-order valence-electron chi connectivity index (χ3n) is 2.46. The molecule has 0 aliphatic carbocycles. The molecule has 0 spiro atoms. The van der Waals surface area contributed by atoms with Crippen LogP contribution in [0.25, 0.3) is 0 Å². The van der Waals surface area contributed by atoms with E-state index in [4.69, 9.17) is 14.6 Å². The van der Waals surface area contributed by atoms with Gasteiger partial charge in [0, 0.05) is 37.1 Å². The first-order valence-electron chi connectivity index (χ1n) is 6.38. The number of nitrogens with zero attached hydrogens (tertiary/aromatic N) is 1. The average Bonchev–Trinajstić information content (AvgIpc) is 2.45. The highest BCUT2D eigenvalue weighted by Crippen LogP contribution is 2.19. The van der Waals surface area contributed by atoms with Crippen molar-refractivity contribution < 1.29 is 19.7 Å². The Labute approximate surface area is 113 Å². The van der Waals surface area contributed by atoms with Crippen molar-refractivity contribution in [2.24, 2.45) is 0 Å². The molecule has 0 aromatic carbocycles. The van der Waals surface area contributed by atoms with E-state index in [9.17, 15) is 5.11 Å². The molecule has 1 aromatic heterocycles. The Morgan fingerprint density at radius 2 is 2.05 bits per heavy atom. The Kier molecular flexibility index (Phi) is 7.10. The van der Waals surface area contributed by atoms with E-state index in [1.165, 1.54) is 6.08 Å². The molecule has 0 saturated carbocycles. The highest BCUT2D eigenvalue weighted by atomic mass is 16.7. The summed E-state index contributed by atoms with van der Waals surface area (Å²) >= 11 is 0. The molecule has 1 heterocycles. The van der Waals surface area contributed by atoms with Crippen LogP contribution in [0, 0.1) is 0 Å². The van der Waals surface area contributed by atoms with Gasteiger partial charge in [0.2, 0.25) is 0 Å². The van der Waals surface area contributed by atoms with E-state index in [-0.39, 0.29) is 12.4 Å². The Morgan fingerprint density at radius 1 is 1.37 bits per heavy atom. The average molecular weight is 267 g/mol. The summed E-state index contributed by atoms with van der Waals surface area (Å²) in [6.07, 6.45) is 3.26. The van der Waals surface area contributed by atoms with Gasteiger partial charge in [-0.25, -0.2) is 0 Å². The lowest BCUT2D eigenvalue weighted by atomic mass is 10.1. The fourth-order valence-corrected chi connectivity index (χ4v) is 1.59. The summed E-state index contributed by atoms with van der Waals surface area (Å²) in [5.74, 6) is -0.0571. The van der Waals surface area contributed by atoms with Crippen molar-refractivity contribution in [3.63, 3.8) is 0 Å². The molecule has 0 saturated heterocycles. The molecule has 5 heteroatoms. The van der Waals surface area contributed by atoms with Crippen LogP contribution in [0.15, 0.2) is 30.2 Å². The van der Waals surface area contributed by atoms with Crippen molar-refractivity contribution in [3.8, 4) is 0 Å². The van der Waals surface area contributed by atoms with Crippen LogP contribution in [0.2, 0.25) is 0 Å². The molecule has 0 aliphatic heterocycles. The standard InChI is InChI=1S/C14H21NO4/c1-3-18-14(19-4-2)11-7-8-15-12(9-11)5-6-13(17)10-16/h6-9,14,16-17H,3-5,10H2,1-2H3/b13-6+. The van der Waals surface area contributed by atoms with Crippen molar-refractivity contribution in [1.29, 1.82) is 0 Å². The molecule has 0 fully saturated rings. The van der Waals surface area contributed by atoms with Gasteiger partial charge in [-0.1, -0.05) is 0 Å². The molecular formula is C14H21NO4. The van der Waals surface area contributed by atoms with Gasteiger partial charge in [0.05, 0.1) is 6.61 Å². The van der Waals surface area contributed by atoms with Crippen LogP contribution in [0.3, 0.4) is 0 Å². The molecule has 5 nitrogen and oxygen atoms in total. The van der Waals surface area contributed by atoms with Crippen molar-refractivity contribution in [2.45, 2.75) is 26.6 Å². The maximum absolute atomic E-state index is 9.20. The number of allylic oxidation sites excluding steroid dienone is 1. The maximum Gasteiger partial charge on any atom is 0.183 e. The quantitative estimate of drug-likeness (QED) is 0.557. The molecule has 1 aromatic rings. The summed E-state index contributed by atoms with van der Waals surface area (Å²) < 4.78 is 11.0. The molecule has 0 radical (unpaired) electrons. The zero-order valence-electron chi connectivity index (χ0n) is 11.4. The number of aromatic nitrogens is 1. The fraction of sp³-hybridized carbons (Fsp3) is 0.500. The topological polar surface area (TPSA) is 71.8 Å². The first kappa shape index (κ1) is 15.6. The number of rotatable bonds is 8. The predicted octanol–water partition coefficient (Wildman–Crippen LogP) is 2.13. The van der Waals surface area contributed by atoms with Gasteiger partial charge in [-0.2, -0.15) is 0 Å². The van der Waals surface area contributed by atoms with Gasteiger partial charge in [-0.15, -0.1) is 0 Å². The zero-order chi connectivity index (χ0) is 14.1. The summed E-state index contributed by atoms with van der Waals surface area (Å²) in [7, 11) is 0. The maximum atomic E-state index is 9.20. The molecule has 2 N–H and O–H groups in total. The minimum absolute atomic E-state index is 0.0571. The van der Waals surface area contributed by atoms with Crippen LogP contribution in [0.5, 0.6) is 0 Å². The first-order valence-corrected chi connectivity index (χ1v) is 6.38. The lowest BCUT2D eigenvalue weighted by Gasteiger charge is -2.17. The van der Waals surface area contributed by atoms with E-state index < -0.39 is 6.29 Å². The van der Waals surface area contributed by atoms with Crippen LogP contribution < -0.4 is 0 Å². The SMILES string of the molecule is CCOC(OCC)c1ccnc(C/C=C(/O)CO)c1. The molecule has 106 valence electrons. The van der Waals surface area contributed by atoms with Crippen LogP contribution >= 0.6 is 0 Å². The van der Waals surface area contributed by atoms with Crippen LogP contribution in [0.4, 0.5) is 0 Å². The van der Waals surface area contributed by atoms with Gasteiger partial charge >= 0.3 is 0 Å². The van der Waals surface area contributed by atoms with E-state index in [1.807, 2.05) is 26.0 Å². The second-order valence-corrected chi connectivity index (χ2v) is 3.88. The molecule has 0 amide bonds. The second-order valence-electron chi connectivity index (χ2n) is 3.88. The molecule has 0 aliphatic rings. The smallest absolute Gasteiger partial charge is 0.183 e. The van der Waals surface area contributed by atoms with Crippen LogP contribution in [0.1, 0.15) is 31.4 Å². The van der Waals surface area contributed by atoms with Crippen molar-refractivity contribution in [1.82, 2.24) is 4.98 Å². The van der Waals surface area contributed by atoms with Gasteiger partial charge < -0.3 is 19.7 Å². The zero-order valence-corrected chi connectivity index (χ0v) is 11.4. The largest absolute Gasteiger partial charge is 0.510 e. The summed E-state index contributed by atoms with van der Waals surface area (Å²) in [6.45, 7) is 4.59. The number of aliphatic hydroxyl groups is 2. The van der Waals surface area contributed by atoms with Gasteiger partial charge in [0.25, 0.3) is 0 Å². The van der Waals surface area contributed by atoms with Gasteiger partial charge in [-0.3, -0.25) is 4.98 Å². The minimum atomic E-state index is -0.396. The number of hydrogen-bond donors (Lipinski definition) is 2. The molecule has 19 heavy (non-hydrogen) atoms. The fourth-order valence-electron chi connectivity index (χ4n) is 1.59. The second kappa shape index (κ2) is 8.63. The monoisotopic (exact) mass is 267 g/mol. The first-order chi connectivity index (χ1) is 9.21. The molecule has 0 bridgehead atoms. The number of pyridine rings is 1. The highest BCUT2D eigenvalue weighted by molar-refractivity contribution is 5.19. The molecule has 0 atom stereocenters. The lowest BCUT2D eigenvalue weighted by molar-refractivity contribution is -0.140. The third-order valence-corrected chi connectivity index (χ3v) is 2.46. The molecule has 0 unspecified atom stereocenters. The molecule has 1 rings (SSSR count). The van der Waals surface area contributed by atoms with E-state index in [1.54, 1.807) is 6.20 Å². The summed E-state index contributed by atoms with van der Waals surface area (Å²) in [5.41, 5.74) is 1.67. The third kappa shape index (κ3) is 5.38. The van der Waals surface area contributed by atoms with Crippen LogP contribution in [-0.2, 0) is 15.9 Å². The number of hydrogen-bond acceptors (Lipinski definition) is 5. The van der Waals surface area contributed by atoms with E-state index >= 15 is 0 Å². The summed E-state index contributed by atoms with van der Waals surface area (Å²) in [5, 5.41) is 17.9. The van der Waals surface area contributed by atoms with Crippen molar-refractivity contribution in [2.75, 3.05) is 19.8 Å². The normalized spacial score (nSPS) is 12.1. The van der Waals surface area contributed by atoms with Gasteiger partial charge in [-0.05, 0) is 32.1 Å². The predicted molar refractivity (Wildman–Crippen MR) is 71.7 cm³/mol.